The average Bonchev–Trinajstić information content (AvgIpc) is 2.72. The zero-order valence-corrected chi connectivity index (χ0v) is 18.9. The number of aromatic hydroxyl groups is 1. The topological polar surface area (TPSA) is 68.1 Å². The van der Waals surface area contributed by atoms with Gasteiger partial charge < -0.3 is 19.5 Å². The summed E-state index contributed by atoms with van der Waals surface area (Å²) in [5, 5.41) is 14.2. The smallest absolute Gasteiger partial charge is 0.250 e. The molecule has 0 atom stereocenters. The molecule has 1 aliphatic heterocycles. The number of rotatable bonds is 3. The molecule has 0 saturated heterocycles. The minimum absolute atomic E-state index is 0. The van der Waals surface area contributed by atoms with Crippen LogP contribution in [0, 0.1) is 6.07 Å². The van der Waals surface area contributed by atoms with Crippen LogP contribution in [-0.2, 0) is 43.7 Å². The molecule has 6 heteroatoms. The normalized spacial score (nSPS) is 17.7. The molecule has 0 unspecified atom stereocenters. The predicted octanol–water partition coefficient (Wildman–Crippen LogP) is 4.98. The third kappa shape index (κ3) is 7.79. The Balaban J connectivity index is 0.00000320. The van der Waals surface area contributed by atoms with E-state index < -0.39 is 5.97 Å². The number of phenols is 1. The molecule has 5 nitrogen and oxygen atoms in total. The van der Waals surface area contributed by atoms with Gasteiger partial charge in [-0.2, -0.15) is 0 Å². The third-order valence-corrected chi connectivity index (χ3v) is 4.64. The molecule has 0 amide bonds. The Bertz CT molecular complexity index is 865. The second-order valence-corrected chi connectivity index (χ2v) is 6.99. The molecule has 3 rings (SSSR count). The number of oxime groups is 1. The van der Waals surface area contributed by atoms with Crippen LogP contribution in [-0.4, -0.2) is 23.4 Å². The zero-order valence-electron chi connectivity index (χ0n) is 16.9. The first kappa shape index (κ1) is 23.9. The molecule has 0 radical (unpaired) electrons. The Morgan fingerprint density at radius 1 is 1.13 bits per heavy atom. The second-order valence-electron chi connectivity index (χ2n) is 6.99. The Morgan fingerprint density at radius 2 is 1.93 bits per heavy atom. The fourth-order valence-corrected chi connectivity index (χ4v) is 3.14. The van der Waals surface area contributed by atoms with Crippen molar-refractivity contribution in [3.05, 3.63) is 77.4 Å². The molecule has 1 heterocycles. The summed E-state index contributed by atoms with van der Waals surface area (Å²) < 4.78 is 5.35. The van der Waals surface area contributed by atoms with Gasteiger partial charge in [0, 0.05) is 26.8 Å². The Hall–Kier alpha value is -2.39. The van der Waals surface area contributed by atoms with Crippen molar-refractivity contribution in [2.24, 2.45) is 5.16 Å². The summed E-state index contributed by atoms with van der Waals surface area (Å²) in [6, 6.07) is 15.7. The molecule has 0 aliphatic carbocycles. The van der Waals surface area contributed by atoms with E-state index >= 15 is 0 Å². The maximum atomic E-state index is 12.5. The number of hydrogen-bond acceptors (Lipinski definition) is 5. The average molecular weight is 488 g/mol. The van der Waals surface area contributed by atoms with Crippen molar-refractivity contribution >= 4 is 11.7 Å². The van der Waals surface area contributed by atoms with E-state index in [0.717, 1.165) is 37.0 Å². The van der Waals surface area contributed by atoms with Gasteiger partial charge in [-0.1, -0.05) is 53.2 Å². The Labute approximate surface area is 192 Å². The van der Waals surface area contributed by atoms with Gasteiger partial charge in [0.05, 0.1) is 12.3 Å². The summed E-state index contributed by atoms with van der Waals surface area (Å²) in [7, 11) is 0. The molecule has 2 aromatic carbocycles. The summed E-state index contributed by atoms with van der Waals surface area (Å²) in [5.74, 6) is -0.375. The van der Waals surface area contributed by atoms with Crippen LogP contribution < -0.4 is 0 Å². The Kier molecular flexibility index (Phi) is 10.4. The standard InChI is InChI=1S/C24H26NO4.Mo/c26-22-13-14-23-20(17-22)16-21(25-29-18-19-10-6-5-7-11-19)12-8-3-1-2-4-9-15-28-24(23)27;/h2,4-7,10-11,13,17,26H,1,3,8-9,12,15-16,18H2;/q-1;/b4-2+,25-21+;. The molecule has 2 aromatic rings. The van der Waals surface area contributed by atoms with Crippen molar-refractivity contribution in [3.8, 4) is 5.75 Å². The van der Waals surface area contributed by atoms with Gasteiger partial charge in [-0.3, -0.25) is 0 Å². The van der Waals surface area contributed by atoms with E-state index in [1.807, 2.05) is 36.4 Å². The van der Waals surface area contributed by atoms with Gasteiger partial charge in [0.2, 0.25) is 5.97 Å². The molecule has 158 valence electrons. The number of esters is 1. The molecule has 1 N–H and O–H groups in total. The van der Waals surface area contributed by atoms with E-state index in [4.69, 9.17) is 9.57 Å². The third-order valence-electron chi connectivity index (χ3n) is 4.64. The summed E-state index contributed by atoms with van der Waals surface area (Å²) in [6.45, 7) is 0.707. The SMILES string of the molecule is O=C1OCC/C=C/CCCC/C(=N\OCc2ccccc2)Cc2cc(O)c[c-]c21.[Mo]. The number of carbonyl (C=O) groups is 1. The summed E-state index contributed by atoms with van der Waals surface area (Å²) in [6.07, 6.45) is 9.02. The molecule has 30 heavy (non-hydrogen) atoms. The molecular weight excluding hydrogens is 462 g/mol. The molecule has 0 saturated carbocycles. The molecule has 0 bridgehead atoms. The van der Waals surface area contributed by atoms with Gasteiger partial charge in [0.15, 0.2) is 0 Å². The van der Waals surface area contributed by atoms with Gasteiger partial charge >= 0.3 is 0 Å². The van der Waals surface area contributed by atoms with Crippen LogP contribution in [0.15, 0.2) is 59.8 Å². The monoisotopic (exact) mass is 490 g/mol. The number of ether oxygens (including phenoxy) is 1. The Morgan fingerprint density at radius 3 is 2.77 bits per heavy atom. The number of carbonyl (C=O) groups excluding carboxylic acids is 1. The molecule has 0 aromatic heterocycles. The van der Waals surface area contributed by atoms with Crippen LogP contribution >= 0.6 is 0 Å². The second kappa shape index (κ2) is 13.0. The maximum absolute atomic E-state index is 12.5. The fraction of sp³-hybridized carbons (Fsp3) is 0.333. The van der Waals surface area contributed by atoms with Crippen molar-refractivity contribution < 1.29 is 40.5 Å². The number of hydrogen-bond donors (Lipinski definition) is 1. The van der Waals surface area contributed by atoms with Crippen molar-refractivity contribution in [3.63, 3.8) is 0 Å². The molecular formula is C24H26MoNO4-. The minimum Gasteiger partial charge on any atom is -0.551 e. The first-order chi connectivity index (χ1) is 14.2. The van der Waals surface area contributed by atoms with Crippen LogP contribution in [0.5, 0.6) is 5.75 Å². The quantitative estimate of drug-likeness (QED) is 0.218. The maximum Gasteiger partial charge on any atom is 0.250 e. The molecule has 0 fully saturated rings. The van der Waals surface area contributed by atoms with E-state index in [0.29, 0.717) is 37.2 Å². The largest absolute Gasteiger partial charge is 0.551 e. The van der Waals surface area contributed by atoms with E-state index in [1.165, 1.54) is 6.07 Å². The number of phenolic OH excluding ortho intramolecular Hbond substituents is 1. The van der Waals surface area contributed by atoms with Gasteiger partial charge in [-0.15, -0.1) is 23.8 Å². The number of fused-ring (bicyclic) bond motifs is 1. The van der Waals surface area contributed by atoms with E-state index in [-0.39, 0.29) is 26.8 Å². The summed E-state index contributed by atoms with van der Waals surface area (Å²) >= 11 is 0. The summed E-state index contributed by atoms with van der Waals surface area (Å²) in [4.78, 5) is 18.0. The minimum atomic E-state index is -0.435. The van der Waals surface area contributed by atoms with Crippen LogP contribution in [0.4, 0.5) is 0 Å². The van der Waals surface area contributed by atoms with Crippen molar-refractivity contribution in [1.29, 1.82) is 0 Å². The molecule has 1 aliphatic rings. The van der Waals surface area contributed by atoms with Crippen LogP contribution in [0.25, 0.3) is 0 Å². The van der Waals surface area contributed by atoms with E-state index in [1.54, 1.807) is 6.07 Å². The summed E-state index contributed by atoms with van der Waals surface area (Å²) in [5.41, 5.74) is 2.84. The predicted molar refractivity (Wildman–Crippen MR) is 112 cm³/mol. The van der Waals surface area contributed by atoms with E-state index in [9.17, 15) is 9.90 Å². The van der Waals surface area contributed by atoms with Crippen LogP contribution in [0.2, 0.25) is 0 Å². The van der Waals surface area contributed by atoms with Gasteiger partial charge in [0.1, 0.15) is 6.61 Å². The first-order valence-electron chi connectivity index (χ1n) is 9.99. The molecule has 0 spiro atoms. The number of nitrogens with zero attached hydrogens (tertiary/aromatic N) is 1. The first-order valence-corrected chi connectivity index (χ1v) is 9.99. The van der Waals surface area contributed by atoms with Crippen LogP contribution in [0.1, 0.15) is 53.6 Å². The number of benzene rings is 2. The van der Waals surface area contributed by atoms with Gasteiger partial charge in [0.25, 0.3) is 0 Å². The van der Waals surface area contributed by atoms with Crippen LogP contribution in [0.3, 0.4) is 0 Å². The number of cyclic esters (lactones) is 1. The van der Waals surface area contributed by atoms with Crippen molar-refractivity contribution in [1.82, 2.24) is 0 Å². The zero-order chi connectivity index (χ0) is 20.3. The van der Waals surface area contributed by atoms with Gasteiger partial charge in [-0.25, -0.2) is 0 Å². The van der Waals surface area contributed by atoms with Crippen molar-refractivity contribution in [2.75, 3.05) is 6.61 Å². The van der Waals surface area contributed by atoms with E-state index in [2.05, 4.69) is 17.3 Å². The number of allylic oxidation sites excluding steroid dienone is 1. The van der Waals surface area contributed by atoms with Crippen molar-refractivity contribution in [2.45, 2.75) is 45.1 Å². The fourth-order valence-electron chi connectivity index (χ4n) is 3.14. The van der Waals surface area contributed by atoms with Gasteiger partial charge in [-0.05, 0) is 44.1 Å².